The summed E-state index contributed by atoms with van der Waals surface area (Å²) in [4.78, 5) is 37.3. The number of carbonyl (C=O) groups excluding carboxylic acids is 3. The molecule has 9 heteroatoms. The molecule has 3 rings (SSSR count). The van der Waals surface area contributed by atoms with Crippen LogP contribution < -0.4 is 10.6 Å². The van der Waals surface area contributed by atoms with Gasteiger partial charge in [-0.1, -0.05) is 11.6 Å². The van der Waals surface area contributed by atoms with Gasteiger partial charge in [0, 0.05) is 12.1 Å². The minimum Gasteiger partial charge on any atom is -0.467 e. The molecule has 4 amide bonds. The summed E-state index contributed by atoms with van der Waals surface area (Å²) in [6.07, 6.45) is 1.59. The summed E-state index contributed by atoms with van der Waals surface area (Å²) < 4.78 is 18.2. The van der Waals surface area contributed by atoms with Crippen molar-refractivity contribution >= 4 is 35.1 Å². The molecule has 0 radical (unpaired) electrons. The van der Waals surface area contributed by atoms with Crippen molar-refractivity contribution in [2.45, 2.75) is 25.4 Å². The van der Waals surface area contributed by atoms with E-state index in [2.05, 4.69) is 10.6 Å². The van der Waals surface area contributed by atoms with E-state index in [9.17, 15) is 18.8 Å². The first-order valence-electron chi connectivity index (χ1n) is 7.83. The summed E-state index contributed by atoms with van der Waals surface area (Å²) in [6.45, 7) is 0.0362. The number of hydrogen-bond acceptors (Lipinski definition) is 4. The third-order valence-corrected chi connectivity index (χ3v) is 4.15. The highest BCUT2D eigenvalue weighted by atomic mass is 35.5. The molecule has 0 saturated carbocycles. The summed E-state index contributed by atoms with van der Waals surface area (Å²) >= 11 is 5.66. The predicted molar refractivity (Wildman–Crippen MR) is 90.9 cm³/mol. The SMILES string of the molecule is O=C(CC[C@@H]1NC(=O)N(Cc2ccco2)C1=O)Nc1ccc(F)c(Cl)c1. The van der Waals surface area contributed by atoms with E-state index in [0.717, 1.165) is 11.0 Å². The van der Waals surface area contributed by atoms with Crippen LogP contribution in [0.4, 0.5) is 14.9 Å². The number of anilines is 1. The maximum absolute atomic E-state index is 13.1. The molecule has 136 valence electrons. The summed E-state index contributed by atoms with van der Waals surface area (Å²) in [5.41, 5.74) is 0.350. The first-order valence-corrected chi connectivity index (χ1v) is 8.21. The fraction of sp³-hybridized carbons (Fsp3) is 0.235. The number of imide groups is 1. The van der Waals surface area contributed by atoms with Crippen molar-refractivity contribution in [1.82, 2.24) is 10.2 Å². The van der Waals surface area contributed by atoms with E-state index in [1.165, 1.54) is 18.4 Å². The minimum atomic E-state index is -0.778. The van der Waals surface area contributed by atoms with E-state index in [4.69, 9.17) is 16.0 Å². The van der Waals surface area contributed by atoms with Gasteiger partial charge in [-0.2, -0.15) is 0 Å². The second kappa shape index (κ2) is 7.57. The van der Waals surface area contributed by atoms with Gasteiger partial charge in [-0.25, -0.2) is 9.18 Å². The molecule has 1 aromatic carbocycles. The quantitative estimate of drug-likeness (QED) is 0.755. The van der Waals surface area contributed by atoms with E-state index >= 15 is 0 Å². The third kappa shape index (κ3) is 4.02. The molecule has 2 heterocycles. The second-order valence-corrected chi connectivity index (χ2v) is 6.13. The Morgan fingerprint density at radius 3 is 2.85 bits per heavy atom. The third-order valence-electron chi connectivity index (χ3n) is 3.86. The lowest BCUT2D eigenvalue weighted by molar-refractivity contribution is -0.128. The Labute approximate surface area is 153 Å². The van der Waals surface area contributed by atoms with Crippen LogP contribution in [0.5, 0.6) is 0 Å². The van der Waals surface area contributed by atoms with Gasteiger partial charge in [0.05, 0.1) is 17.8 Å². The molecule has 0 bridgehead atoms. The fourth-order valence-electron chi connectivity index (χ4n) is 2.55. The summed E-state index contributed by atoms with van der Waals surface area (Å²) in [5, 5.41) is 5.01. The zero-order valence-electron chi connectivity index (χ0n) is 13.5. The van der Waals surface area contributed by atoms with E-state index in [-0.39, 0.29) is 30.3 Å². The maximum atomic E-state index is 13.1. The Morgan fingerprint density at radius 1 is 1.35 bits per heavy atom. The molecule has 1 aliphatic rings. The van der Waals surface area contributed by atoms with Gasteiger partial charge in [-0.05, 0) is 36.8 Å². The number of benzene rings is 1. The number of hydrogen-bond donors (Lipinski definition) is 2. The van der Waals surface area contributed by atoms with Crippen LogP contribution in [0.25, 0.3) is 0 Å². The maximum Gasteiger partial charge on any atom is 0.325 e. The molecule has 0 spiro atoms. The molecule has 26 heavy (non-hydrogen) atoms. The van der Waals surface area contributed by atoms with Gasteiger partial charge in [-0.15, -0.1) is 0 Å². The van der Waals surface area contributed by atoms with Crippen LogP contribution in [0.1, 0.15) is 18.6 Å². The first kappa shape index (κ1) is 17.9. The number of rotatable bonds is 6. The van der Waals surface area contributed by atoms with E-state index in [1.807, 2.05) is 0 Å². The molecule has 0 aliphatic carbocycles. The largest absolute Gasteiger partial charge is 0.467 e. The topological polar surface area (TPSA) is 91.7 Å². The Bertz CT molecular complexity index is 841. The van der Waals surface area contributed by atoms with E-state index < -0.39 is 23.8 Å². The molecule has 1 atom stereocenters. The van der Waals surface area contributed by atoms with E-state index in [1.54, 1.807) is 12.1 Å². The van der Waals surface area contributed by atoms with Gasteiger partial charge in [0.1, 0.15) is 17.6 Å². The van der Waals surface area contributed by atoms with Crippen molar-refractivity contribution in [3.8, 4) is 0 Å². The lowest BCUT2D eigenvalue weighted by atomic mass is 10.1. The molecule has 2 N–H and O–H groups in total. The Kier molecular flexibility index (Phi) is 5.22. The van der Waals surface area contributed by atoms with Crippen LogP contribution in [0.3, 0.4) is 0 Å². The van der Waals surface area contributed by atoms with Gasteiger partial charge < -0.3 is 15.1 Å². The lowest BCUT2D eigenvalue weighted by Crippen LogP contribution is -2.31. The summed E-state index contributed by atoms with van der Waals surface area (Å²) in [7, 11) is 0. The highest BCUT2D eigenvalue weighted by Gasteiger charge is 2.38. The molecule has 1 saturated heterocycles. The molecule has 1 aromatic heterocycles. The predicted octanol–water partition coefficient (Wildman–Crippen LogP) is 2.91. The van der Waals surface area contributed by atoms with Crippen LogP contribution in [-0.4, -0.2) is 28.8 Å². The van der Waals surface area contributed by atoms with Crippen LogP contribution in [0.2, 0.25) is 5.02 Å². The Hall–Kier alpha value is -2.87. The zero-order chi connectivity index (χ0) is 18.7. The van der Waals surface area contributed by atoms with Crippen LogP contribution in [0, 0.1) is 5.82 Å². The van der Waals surface area contributed by atoms with Crippen molar-refractivity contribution in [2.75, 3.05) is 5.32 Å². The van der Waals surface area contributed by atoms with E-state index in [0.29, 0.717) is 11.4 Å². The van der Waals surface area contributed by atoms with Crippen molar-refractivity contribution in [2.24, 2.45) is 0 Å². The van der Waals surface area contributed by atoms with Crippen molar-refractivity contribution in [1.29, 1.82) is 0 Å². The monoisotopic (exact) mass is 379 g/mol. The Morgan fingerprint density at radius 2 is 2.15 bits per heavy atom. The number of halogens is 2. The molecule has 0 unspecified atom stereocenters. The van der Waals surface area contributed by atoms with Crippen LogP contribution in [0.15, 0.2) is 41.0 Å². The summed E-state index contributed by atoms with van der Waals surface area (Å²) in [5.74, 6) is -0.885. The molecule has 2 aromatic rings. The summed E-state index contributed by atoms with van der Waals surface area (Å²) in [6, 6.07) is 5.84. The number of furan rings is 1. The van der Waals surface area contributed by atoms with Gasteiger partial charge in [0.15, 0.2) is 0 Å². The second-order valence-electron chi connectivity index (χ2n) is 5.72. The van der Waals surface area contributed by atoms with Gasteiger partial charge in [0.25, 0.3) is 5.91 Å². The molecule has 1 aliphatic heterocycles. The highest BCUT2D eigenvalue weighted by molar-refractivity contribution is 6.31. The van der Waals surface area contributed by atoms with Gasteiger partial charge in [-0.3, -0.25) is 14.5 Å². The average molecular weight is 380 g/mol. The number of urea groups is 1. The number of nitrogens with zero attached hydrogens (tertiary/aromatic N) is 1. The van der Waals surface area contributed by atoms with Gasteiger partial charge >= 0.3 is 6.03 Å². The van der Waals surface area contributed by atoms with Crippen molar-refractivity contribution < 1.29 is 23.2 Å². The number of amides is 4. The number of nitrogens with one attached hydrogen (secondary N) is 2. The average Bonchev–Trinajstić information content (AvgIpc) is 3.20. The lowest BCUT2D eigenvalue weighted by Gasteiger charge is -2.11. The molecular formula is C17H15ClFN3O4. The van der Waals surface area contributed by atoms with Crippen LogP contribution >= 0.6 is 11.6 Å². The first-order chi connectivity index (χ1) is 12.4. The number of carbonyl (C=O) groups is 3. The zero-order valence-corrected chi connectivity index (χ0v) is 14.3. The fourth-order valence-corrected chi connectivity index (χ4v) is 2.73. The molecule has 1 fully saturated rings. The van der Waals surface area contributed by atoms with Crippen LogP contribution in [-0.2, 0) is 16.1 Å². The smallest absolute Gasteiger partial charge is 0.325 e. The molecule has 7 nitrogen and oxygen atoms in total. The van der Waals surface area contributed by atoms with Gasteiger partial charge in [0.2, 0.25) is 5.91 Å². The Balaban J connectivity index is 1.52. The molecular weight excluding hydrogens is 365 g/mol. The standard InChI is InChI=1S/C17H15ClFN3O4/c18-12-8-10(3-4-13(12)19)20-15(23)6-5-14-16(24)22(17(25)21-14)9-11-2-1-7-26-11/h1-4,7-8,14H,5-6,9H2,(H,20,23)(H,21,25)/t14-/m0/s1. The van der Waals surface area contributed by atoms with Crippen molar-refractivity contribution in [3.05, 3.63) is 53.2 Å². The highest BCUT2D eigenvalue weighted by Crippen LogP contribution is 2.20. The van der Waals surface area contributed by atoms with Crippen molar-refractivity contribution in [3.63, 3.8) is 0 Å². The normalized spacial score (nSPS) is 16.7. The minimum absolute atomic E-state index is 0.000272.